The van der Waals surface area contributed by atoms with Gasteiger partial charge in [0.05, 0.1) is 10.5 Å². The molecular weight excluding hydrogens is 420 g/mol. The molecule has 0 bridgehead atoms. The third kappa shape index (κ3) is 7.02. The van der Waals surface area contributed by atoms with Crippen molar-refractivity contribution < 1.29 is 60.0 Å². The molecule has 2 aromatic rings. The molecule has 1 aliphatic heterocycles. The molecule has 2 N–H and O–H groups in total. The number of rotatable bonds is 7. The minimum Gasteiger partial charge on any atom is -1.00 e. The maximum absolute atomic E-state index is 11.7. The Labute approximate surface area is 218 Å². The van der Waals surface area contributed by atoms with E-state index in [1.165, 1.54) is 18.7 Å². The first-order chi connectivity index (χ1) is 13.9. The number of Topliss-reactive ketones (excluding diaryl/α,β-unsaturated/α-hetero) is 1. The summed E-state index contributed by atoms with van der Waals surface area (Å²) in [6.45, 7) is 3.75. The van der Waals surface area contributed by atoms with Gasteiger partial charge in [0.25, 0.3) is 5.91 Å². The number of hydrogen-bond acceptors (Lipinski definition) is 6. The van der Waals surface area contributed by atoms with Crippen molar-refractivity contribution in [1.82, 2.24) is 5.32 Å². The number of amides is 1. The van der Waals surface area contributed by atoms with Crippen molar-refractivity contribution in [3.8, 4) is 11.5 Å². The fourth-order valence-electron chi connectivity index (χ4n) is 3.02. The van der Waals surface area contributed by atoms with Crippen LogP contribution < -0.4 is 47.8 Å². The van der Waals surface area contributed by atoms with E-state index in [0.29, 0.717) is 27.0 Å². The number of ether oxygens (including phenoxy) is 1. The summed E-state index contributed by atoms with van der Waals surface area (Å²) in [6.07, 6.45) is 3.29. The summed E-state index contributed by atoms with van der Waals surface area (Å²) >= 11 is 6.23. The Bertz CT molecular complexity index is 1020. The fourth-order valence-corrected chi connectivity index (χ4v) is 4.06. The van der Waals surface area contributed by atoms with Crippen LogP contribution in [-0.2, 0) is 17.8 Å². The molecule has 1 heterocycles. The van der Waals surface area contributed by atoms with Crippen molar-refractivity contribution in [1.29, 1.82) is 0 Å². The summed E-state index contributed by atoms with van der Waals surface area (Å²) in [4.78, 5) is 24.0. The third-order valence-corrected chi connectivity index (χ3v) is 5.64. The first kappa shape index (κ1) is 27.6. The van der Waals surface area contributed by atoms with Gasteiger partial charge in [-0.05, 0) is 48.7 Å². The van der Waals surface area contributed by atoms with Crippen LogP contribution >= 0.6 is 24.0 Å². The zero-order valence-electron chi connectivity index (χ0n) is 20.2. The van der Waals surface area contributed by atoms with Crippen LogP contribution in [0.3, 0.4) is 0 Å². The van der Waals surface area contributed by atoms with Gasteiger partial charge in [-0.15, -0.1) is 0 Å². The van der Waals surface area contributed by atoms with Crippen molar-refractivity contribution in [3.05, 3.63) is 63.6 Å². The van der Waals surface area contributed by atoms with Gasteiger partial charge in [-0.25, -0.2) is 0 Å². The summed E-state index contributed by atoms with van der Waals surface area (Å²) in [7, 11) is 0. The summed E-state index contributed by atoms with van der Waals surface area (Å²) in [6, 6.07) is 10.8. The van der Waals surface area contributed by atoms with Crippen LogP contribution in [0.4, 0.5) is 0 Å². The van der Waals surface area contributed by atoms with E-state index in [4.69, 9.17) is 17.0 Å². The molecule has 0 atom stereocenters. The van der Waals surface area contributed by atoms with Gasteiger partial charge in [-0.2, -0.15) is 0 Å². The average Bonchev–Trinajstić information content (AvgIpc) is 3.00. The number of carbonyl (C=O) groups excluding carboxylic acids is 2. The average molecular weight is 443 g/mol. The maximum atomic E-state index is 11.7. The second-order valence-corrected chi connectivity index (χ2v) is 8.33. The summed E-state index contributed by atoms with van der Waals surface area (Å²) in [5.74, 6) is 0.376. The number of phenols is 1. The molecule has 9 heteroatoms. The number of thiocarbonyl (C=S) groups is 1. The number of phenolic OH excluding ortho intramolecular Hbond substituents is 1. The topological polar surface area (TPSA) is 75.6 Å². The van der Waals surface area contributed by atoms with Crippen LogP contribution in [0, 0.1) is 0 Å². The first-order valence-electron chi connectivity index (χ1n) is 9.21. The van der Waals surface area contributed by atoms with Crippen LogP contribution in [0.25, 0.3) is 6.08 Å². The molecule has 1 amide bonds. The minimum absolute atomic E-state index is 0. The largest absolute Gasteiger partial charge is 1.00 e. The summed E-state index contributed by atoms with van der Waals surface area (Å²) in [5.41, 5.74) is 2.81. The Morgan fingerprint density at radius 3 is 2.45 bits per heavy atom. The zero-order chi connectivity index (χ0) is 21.0. The number of aromatic hydroxyl groups is 1. The summed E-state index contributed by atoms with van der Waals surface area (Å²) in [5, 5.41) is 13.0. The third-order valence-electron chi connectivity index (χ3n) is 4.47. The molecule has 2 aromatic carbocycles. The Kier molecular flexibility index (Phi) is 11.2. The molecule has 0 spiro atoms. The van der Waals surface area contributed by atoms with E-state index in [2.05, 4.69) is 5.32 Å². The molecule has 154 valence electrons. The number of benzene rings is 2. The zero-order valence-corrected chi connectivity index (χ0v) is 19.8. The van der Waals surface area contributed by atoms with Gasteiger partial charge in [0.2, 0.25) is 0 Å². The van der Waals surface area contributed by atoms with Crippen molar-refractivity contribution in [2.45, 2.75) is 33.3 Å². The predicted molar refractivity (Wildman–Crippen MR) is 121 cm³/mol. The molecule has 0 radical (unpaired) electrons. The van der Waals surface area contributed by atoms with Crippen molar-refractivity contribution in [3.63, 3.8) is 0 Å². The number of ketones is 1. The number of carbonyl (C=O) groups is 2. The van der Waals surface area contributed by atoms with Crippen LogP contribution in [0.1, 0.15) is 50.2 Å². The standard InChI is InChI=1S/C22H21NO4S2.2Li.2H/c1-3-4-18-15(7-10-17(13(2)24)20(18)25)12-27-16-8-5-14(6-9-16)11-19-21(26)23-22(28)29-19;;;;/h5-11,25H,3-4,12H2,1-2H3,(H,23,26,28);;;;/q;2*+1;2*-1. The normalized spacial score (nSPS) is 13.9. The molecule has 1 fully saturated rings. The quantitative estimate of drug-likeness (QED) is 0.244. The molecule has 0 aliphatic carbocycles. The van der Waals surface area contributed by atoms with E-state index >= 15 is 0 Å². The Balaban J connectivity index is 0. The molecular formula is C22H23Li2NO4S2. The van der Waals surface area contributed by atoms with E-state index in [1.807, 2.05) is 37.3 Å². The first-order valence-corrected chi connectivity index (χ1v) is 10.4. The van der Waals surface area contributed by atoms with E-state index in [1.54, 1.807) is 12.1 Å². The van der Waals surface area contributed by atoms with Crippen LogP contribution in [0.2, 0.25) is 0 Å². The minimum atomic E-state index is -0.183. The Hall–Kier alpha value is -1.45. The van der Waals surface area contributed by atoms with E-state index in [9.17, 15) is 14.7 Å². The van der Waals surface area contributed by atoms with Gasteiger partial charge < -0.3 is 18.0 Å². The molecule has 3 rings (SSSR count). The Morgan fingerprint density at radius 1 is 1.23 bits per heavy atom. The molecule has 1 aliphatic rings. The van der Waals surface area contributed by atoms with Gasteiger partial charge >= 0.3 is 37.7 Å². The molecule has 5 nitrogen and oxygen atoms in total. The summed E-state index contributed by atoms with van der Waals surface area (Å²) < 4.78 is 6.34. The number of thioether (sulfide) groups is 1. The Morgan fingerprint density at radius 2 is 1.90 bits per heavy atom. The fraction of sp³-hybridized carbons (Fsp3) is 0.227. The molecule has 0 aromatic heterocycles. The molecule has 0 unspecified atom stereocenters. The van der Waals surface area contributed by atoms with Gasteiger partial charge in [-0.1, -0.05) is 55.5 Å². The number of hydrogen-bond donors (Lipinski definition) is 2. The molecule has 1 saturated heterocycles. The van der Waals surface area contributed by atoms with Gasteiger partial charge in [-0.3, -0.25) is 9.59 Å². The van der Waals surface area contributed by atoms with E-state index in [-0.39, 0.29) is 64.6 Å². The monoisotopic (exact) mass is 443 g/mol. The van der Waals surface area contributed by atoms with Crippen LogP contribution in [0.15, 0.2) is 41.3 Å². The second-order valence-electron chi connectivity index (χ2n) is 6.62. The van der Waals surface area contributed by atoms with E-state index < -0.39 is 0 Å². The second kappa shape index (κ2) is 12.6. The van der Waals surface area contributed by atoms with Gasteiger partial charge in [0, 0.05) is 5.56 Å². The smallest absolute Gasteiger partial charge is 1.00 e. The maximum Gasteiger partial charge on any atom is 1.00 e. The van der Waals surface area contributed by atoms with Crippen LogP contribution in [0.5, 0.6) is 11.5 Å². The van der Waals surface area contributed by atoms with Gasteiger partial charge in [0.1, 0.15) is 22.4 Å². The van der Waals surface area contributed by atoms with Gasteiger partial charge in [0.15, 0.2) is 5.78 Å². The van der Waals surface area contributed by atoms with Crippen molar-refractivity contribution in [2.24, 2.45) is 0 Å². The van der Waals surface area contributed by atoms with Crippen LogP contribution in [-0.4, -0.2) is 21.1 Å². The molecule has 31 heavy (non-hydrogen) atoms. The SMILES string of the molecule is CCCc1c(COc2ccc(C=C3SC(=S)NC3=O)cc2)ccc(C(C)=O)c1O.[H-].[H-].[Li+].[Li+]. The van der Waals surface area contributed by atoms with E-state index in [0.717, 1.165) is 23.1 Å². The number of nitrogens with one attached hydrogen (secondary N) is 1. The predicted octanol–water partition coefficient (Wildman–Crippen LogP) is -1.15. The van der Waals surface area contributed by atoms with Crippen molar-refractivity contribution >= 4 is 46.1 Å². The van der Waals surface area contributed by atoms with Crippen molar-refractivity contribution in [2.75, 3.05) is 0 Å². The molecule has 0 saturated carbocycles.